The van der Waals surface area contributed by atoms with Gasteiger partial charge in [0.05, 0.1) is 29.5 Å². The number of hydrogen-bond donors (Lipinski definition) is 0. The van der Waals surface area contributed by atoms with Gasteiger partial charge >= 0.3 is 5.97 Å². The first-order valence-corrected chi connectivity index (χ1v) is 7.95. The van der Waals surface area contributed by atoms with E-state index in [0.29, 0.717) is 12.2 Å². The molecule has 0 fully saturated rings. The smallest absolute Gasteiger partial charge is 0.330 e. The van der Waals surface area contributed by atoms with Crippen LogP contribution in [0.5, 0.6) is 0 Å². The number of aromatic nitrogens is 3. The van der Waals surface area contributed by atoms with Gasteiger partial charge in [0.25, 0.3) is 0 Å². The van der Waals surface area contributed by atoms with Crippen molar-refractivity contribution in [3.8, 4) is 11.9 Å². The standard InChI is InChI=1S/C19H18N4O2/c1-4-25-18(24)8-6-16-13(2)21-22(3)19(16)23-10-9-15-11-14(12-20)5-7-17(15)23/h5-11H,4H2,1-3H3/b8-6+. The topological polar surface area (TPSA) is 72.8 Å². The van der Waals surface area contributed by atoms with Crippen molar-refractivity contribution in [2.75, 3.05) is 6.61 Å². The van der Waals surface area contributed by atoms with E-state index in [4.69, 9.17) is 10.00 Å². The monoisotopic (exact) mass is 334 g/mol. The van der Waals surface area contributed by atoms with Crippen molar-refractivity contribution >= 4 is 22.9 Å². The molecule has 3 rings (SSSR count). The number of carbonyl (C=O) groups excluding carboxylic acids is 1. The maximum absolute atomic E-state index is 11.6. The van der Waals surface area contributed by atoms with Gasteiger partial charge in [-0.05, 0) is 44.2 Å². The van der Waals surface area contributed by atoms with Gasteiger partial charge in [-0.3, -0.25) is 4.68 Å². The zero-order chi connectivity index (χ0) is 18.0. The second kappa shape index (κ2) is 6.65. The first kappa shape index (κ1) is 16.5. The predicted molar refractivity (Wildman–Crippen MR) is 95.2 cm³/mol. The zero-order valence-electron chi connectivity index (χ0n) is 14.4. The molecule has 6 nitrogen and oxygen atoms in total. The number of aryl methyl sites for hydroxylation is 2. The molecule has 126 valence electrons. The molecule has 2 heterocycles. The lowest BCUT2D eigenvalue weighted by atomic mass is 10.2. The number of fused-ring (bicyclic) bond motifs is 1. The highest BCUT2D eigenvalue weighted by molar-refractivity contribution is 5.89. The molecule has 0 saturated heterocycles. The first-order chi connectivity index (χ1) is 12.0. The highest BCUT2D eigenvalue weighted by atomic mass is 16.5. The Morgan fingerprint density at radius 3 is 2.92 bits per heavy atom. The molecule has 2 aromatic heterocycles. The van der Waals surface area contributed by atoms with Gasteiger partial charge in [-0.2, -0.15) is 10.4 Å². The number of ether oxygens (including phenoxy) is 1. The van der Waals surface area contributed by atoms with Gasteiger partial charge in [0.1, 0.15) is 5.82 Å². The minimum atomic E-state index is -0.382. The molecule has 0 atom stereocenters. The van der Waals surface area contributed by atoms with Crippen molar-refractivity contribution in [2.45, 2.75) is 13.8 Å². The third-order valence-corrected chi connectivity index (χ3v) is 3.96. The summed E-state index contributed by atoms with van der Waals surface area (Å²) < 4.78 is 8.72. The van der Waals surface area contributed by atoms with Crippen molar-refractivity contribution in [3.63, 3.8) is 0 Å². The van der Waals surface area contributed by atoms with Crippen LogP contribution < -0.4 is 0 Å². The lowest BCUT2D eigenvalue weighted by Crippen LogP contribution is -2.03. The Bertz CT molecular complexity index is 1020. The minimum Gasteiger partial charge on any atom is -0.463 e. The van der Waals surface area contributed by atoms with E-state index >= 15 is 0 Å². The molecule has 25 heavy (non-hydrogen) atoms. The third-order valence-electron chi connectivity index (χ3n) is 3.96. The van der Waals surface area contributed by atoms with Gasteiger partial charge < -0.3 is 9.30 Å². The number of nitrogens with zero attached hydrogens (tertiary/aromatic N) is 4. The fourth-order valence-corrected chi connectivity index (χ4v) is 2.88. The lowest BCUT2D eigenvalue weighted by Gasteiger charge is -2.08. The highest BCUT2D eigenvalue weighted by Gasteiger charge is 2.15. The van der Waals surface area contributed by atoms with E-state index in [1.165, 1.54) is 6.08 Å². The average molecular weight is 334 g/mol. The maximum atomic E-state index is 11.6. The van der Waals surface area contributed by atoms with Crippen molar-refractivity contribution in [1.82, 2.24) is 14.3 Å². The van der Waals surface area contributed by atoms with Gasteiger partial charge in [0.15, 0.2) is 0 Å². The molecule has 0 aliphatic carbocycles. The highest BCUT2D eigenvalue weighted by Crippen LogP contribution is 2.26. The molecular formula is C19H18N4O2. The summed E-state index contributed by atoms with van der Waals surface area (Å²) >= 11 is 0. The van der Waals surface area contributed by atoms with Crippen LogP contribution in [-0.4, -0.2) is 26.9 Å². The van der Waals surface area contributed by atoms with E-state index in [-0.39, 0.29) is 5.97 Å². The van der Waals surface area contributed by atoms with Crippen LogP contribution in [0.15, 0.2) is 36.5 Å². The summed E-state index contributed by atoms with van der Waals surface area (Å²) in [4.78, 5) is 11.6. The molecular weight excluding hydrogens is 316 g/mol. The van der Waals surface area contributed by atoms with Crippen LogP contribution in [0.4, 0.5) is 0 Å². The molecule has 1 aromatic carbocycles. The molecule has 0 unspecified atom stereocenters. The Labute approximate surface area is 145 Å². The number of rotatable bonds is 4. The molecule has 3 aromatic rings. The van der Waals surface area contributed by atoms with Crippen LogP contribution in [0.2, 0.25) is 0 Å². The van der Waals surface area contributed by atoms with E-state index in [1.807, 2.05) is 42.9 Å². The van der Waals surface area contributed by atoms with Gasteiger partial charge in [-0.1, -0.05) is 0 Å². The van der Waals surface area contributed by atoms with E-state index < -0.39 is 0 Å². The Hall–Kier alpha value is -3.33. The van der Waals surface area contributed by atoms with Gasteiger partial charge in [0, 0.05) is 30.3 Å². The second-order valence-electron chi connectivity index (χ2n) is 5.60. The van der Waals surface area contributed by atoms with E-state index in [2.05, 4.69) is 11.2 Å². The van der Waals surface area contributed by atoms with Gasteiger partial charge in [-0.25, -0.2) is 4.79 Å². The summed E-state index contributed by atoms with van der Waals surface area (Å²) in [7, 11) is 1.86. The largest absolute Gasteiger partial charge is 0.463 e. The summed E-state index contributed by atoms with van der Waals surface area (Å²) in [6.07, 6.45) is 5.08. The van der Waals surface area contributed by atoms with Crippen molar-refractivity contribution in [3.05, 3.63) is 53.4 Å². The van der Waals surface area contributed by atoms with Crippen molar-refractivity contribution in [2.24, 2.45) is 7.05 Å². The van der Waals surface area contributed by atoms with Gasteiger partial charge in [-0.15, -0.1) is 0 Å². The number of esters is 1. The molecule has 6 heteroatoms. The Morgan fingerprint density at radius 1 is 1.40 bits per heavy atom. The number of carbonyl (C=O) groups is 1. The molecule has 0 spiro atoms. The predicted octanol–water partition coefficient (Wildman–Crippen LogP) is 3.12. The third kappa shape index (κ3) is 3.04. The van der Waals surface area contributed by atoms with Crippen LogP contribution in [-0.2, 0) is 16.6 Å². The molecule has 0 aliphatic rings. The molecule has 0 radical (unpaired) electrons. The van der Waals surface area contributed by atoms with Gasteiger partial charge in [0.2, 0.25) is 0 Å². The van der Waals surface area contributed by atoms with E-state index in [0.717, 1.165) is 28.0 Å². The summed E-state index contributed by atoms with van der Waals surface area (Å²) in [5.74, 6) is 0.463. The Kier molecular flexibility index (Phi) is 4.40. The van der Waals surface area contributed by atoms with Crippen LogP contribution >= 0.6 is 0 Å². The summed E-state index contributed by atoms with van der Waals surface area (Å²) in [6, 6.07) is 9.66. The fraction of sp³-hybridized carbons (Fsp3) is 0.211. The van der Waals surface area contributed by atoms with E-state index in [1.54, 1.807) is 23.7 Å². The second-order valence-corrected chi connectivity index (χ2v) is 5.60. The summed E-state index contributed by atoms with van der Waals surface area (Å²) in [5.41, 5.74) is 3.24. The van der Waals surface area contributed by atoms with Crippen LogP contribution in [0, 0.1) is 18.3 Å². The number of hydrogen-bond acceptors (Lipinski definition) is 4. The lowest BCUT2D eigenvalue weighted by molar-refractivity contribution is -0.137. The maximum Gasteiger partial charge on any atom is 0.330 e. The van der Waals surface area contributed by atoms with Crippen LogP contribution in [0.25, 0.3) is 22.8 Å². The molecule has 0 saturated carbocycles. The Morgan fingerprint density at radius 2 is 2.20 bits per heavy atom. The molecule has 0 aliphatic heterocycles. The summed E-state index contributed by atoms with van der Waals surface area (Å²) in [6.45, 7) is 4.01. The van der Waals surface area contributed by atoms with Crippen LogP contribution in [0.3, 0.4) is 0 Å². The number of benzene rings is 1. The summed E-state index contributed by atoms with van der Waals surface area (Å²) in [5, 5.41) is 14.5. The van der Waals surface area contributed by atoms with Crippen molar-refractivity contribution in [1.29, 1.82) is 5.26 Å². The Balaban J connectivity index is 2.12. The molecule has 0 amide bonds. The number of nitriles is 1. The van der Waals surface area contributed by atoms with E-state index in [9.17, 15) is 4.79 Å². The molecule has 0 bridgehead atoms. The first-order valence-electron chi connectivity index (χ1n) is 7.95. The van der Waals surface area contributed by atoms with Crippen molar-refractivity contribution < 1.29 is 9.53 Å². The minimum absolute atomic E-state index is 0.339. The quantitative estimate of drug-likeness (QED) is 0.543. The fourth-order valence-electron chi connectivity index (χ4n) is 2.88. The average Bonchev–Trinajstić information content (AvgIpc) is 3.12. The SMILES string of the molecule is CCOC(=O)/C=C/c1c(C)nn(C)c1-n1ccc2cc(C#N)ccc21. The zero-order valence-corrected chi connectivity index (χ0v) is 14.4. The molecule has 0 N–H and O–H groups in total. The van der Waals surface area contributed by atoms with Crippen LogP contribution in [0.1, 0.15) is 23.7 Å². The normalized spacial score (nSPS) is 11.1.